The van der Waals surface area contributed by atoms with Gasteiger partial charge in [-0.3, -0.25) is 9.59 Å². The van der Waals surface area contributed by atoms with Gasteiger partial charge >= 0.3 is 11.9 Å². The first kappa shape index (κ1) is 54.8. The van der Waals surface area contributed by atoms with Crippen molar-refractivity contribution in [3.05, 3.63) is 72.9 Å². The molecule has 8 nitrogen and oxygen atoms in total. The van der Waals surface area contributed by atoms with Gasteiger partial charge in [-0.15, -0.1) is 0 Å². The van der Waals surface area contributed by atoms with E-state index in [1.165, 1.54) is 64.2 Å². The fourth-order valence-corrected chi connectivity index (χ4v) is 6.27. The van der Waals surface area contributed by atoms with Crippen LogP contribution in [0.1, 0.15) is 174 Å². The Hall–Kier alpha value is -3.23. The monoisotopic (exact) mass is 812 g/mol. The summed E-state index contributed by atoms with van der Waals surface area (Å²) in [6.07, 6.45) is 50.8. The minimum absolute atomic E-state index is 0.0201. The third-order valence-electron chi connectivity index (χ3n) is 9.83. The Balaban J connectivity index is 4.29. The SMILES string of the molecule is CC/C=C/C/C=C/C/C=C/CCCCC(=O)OC(COCCC(C(=O)[O-])[N+](C)(C)C)COC(=O)CCCCCCCCCCC/C=C/C/C=C/C/C=C/CCCCC. The number of carbonyl (C=O) groups is 3. The number of hydrogen-bond donors (Lipinski definition) is 0. The van der Waals surface area contributed by atoms with Crippen molar-refractivity contribution >= 4 is 17.9 Å². The van der Waals surface area contributed by atoms with Gasteiger partial charge in [-0.1, -0.05) is 145 Å². The summed E-state index contributed by atoms with van der Waals surface area (Å²) in [4.78, 5) is 36.8. The van der Waals surface area contributed by atoms with E-state index in [-0.39, 0.29) is 49.1 Å². The Morgan fingerprint density at radius 3 is 1.47 bits per heavy atom. The summed E-state index contributed by atoms with van der Waals surface area (Å²) in [5, 5.41) is 11.6. The van der Waals surface area contributed by atoms with Gasteiger partial charge in [-0.25, -0.2) is 0 Å². The summed E-state index contributed by atoms with van der Waals surface area (Å²) in [6, 6.07) is -0.736. The van der Waals surface area contributed by atoms with E-state index in [4.69, 9.17) is 14.2 Å². The lowest BCUT2D eigenvalue weighted by molar-refractivity contribution is -0.889. The van der Waals surface area contributed by atoms with Crippen molar-refractivity contribution < 1.29 is 38.2 Å². The minimum atomic E-state index is -1.13. The van der Waals surface area contributed by atoms with Crippen LogP contribution in [0.15, 0.2) is 72.9 Å². The molecule has 0 saturated heterocycles. The Labute approximate surface area is 355 Å². The van der Waals surface area contributed by atoms with E-state index in [2.05, 4.69) is 86.8 Å². The van der Waals surface area contributed by atoms with E-state index in [9.17, 15) is 19.5 Å². The van der Waals surface area contributed by atoms with E-state index in [1.54, 1.807) is 21.1 Å². The highest BCUT2D eigenvalue weighted by Crippen LogP contribution is 2.13. The number of likely N-dealkylation sites (N-methyl/N-ethyl adjacent to an activating group) is 1. The molecular formula is C50H85NO7. The highest BCUT2D eigenvalue weighted by Gasteiger charge is 2.25. The lowest BCUT2D eigenvalue weighted by Gasteiger charge is -2.34. The molecule has 332 valence electrons. The number of nitrogens with zero attached hydrogens (tertiary/aromatic N) is 1. The smallest absolute Gasteiger partial charge is 0.306 e. The molecule has 0 bridgehead atoms. The van der Waals surface area contributed by atoms with E-state index in [1.807, 2.05) is 0 Å². The number of rotatable bonds is 40. The van der Waals surface area contributed by atoms with Crippen LogP contribution in [-0.2, 0) is 28.6 Å². The molecule has 0 aliphatic carbocycles. The quantitative estimate of drug-likeness (QED) is 0.0263. The van der Waals surface area contributed by atoms with Gasteiger partial charge in [0.1, 0.15) is 12.6 Å². The molecule has 8 heteroatoms. The molecule has 0 aliphatic heterocycles. The minimum Gasteiger partial charge on any atom is -0.544 e. The molecular weight excluding hydrogens is 727 g/mol. The van der Waals surface area contributed by atoms with Crippen molar-refractivity contribution in [2.75, 3.05) is 41.0 Å². The lowest BCUT2D eigenvalue weighted by atomic mass is 10.1. The maximum atomic E-state index is 12.7. The average molecular weight is 812 g/mol. The molecule has 0 aliphatic rings. The van der Waals surface area contributed by atoms with Gasteiger partial charge in [0.05, 0.1) is 40.3 Å². The highest BCUT2D eigenvalue weighted by atomic mass is 16.6. The van der Waals surface area contributed by atoms with Crippen LogP contribution in [0.5, 0.6) is 0 Å². The number of ether oxygens (including phenoxy) is 3. The number of carbonyl (C=O) groups excluding carboxylic acids is 3. The first-order valence-corrected chi connectivity index (χ1v) is 23.0. The van der Waals surface area contributed by atoms with Crippen LogP contribution >= 0.6 is 0 Å². The molecule has 0 amide bonds. The summed E-state index contributed by atoms with van der Waals surface area (Å²) < 4.78 is 17.1. The van der Waals surface area contributed by atoms with Crippen LogP contribution in [0.4, 0.5) is 0 Å². The maximum absolute atomic E-state index is 12.7. The molecule has 0 radical (unpaired) electrons. The van der Waals surface area contributed by atoms with Crippen LogP contribution in [-0.4, -0.2) is 75.5 Å². The number of carboxylic acids is 1. The predicted octanol–water partition coefficient (Wildman–Crippen LogP) is 11.4. The summed E-state index contributed by atoms with van der Waals surface area (Å²) in [7, 11) is 5.38. The lowest BCUT2D eigenvalue weighted by Crippen LogP contribution is -2.55. The van der Waals surface area contributed by atoms with Crippen molar-refractivity contribution in [3.8, 4) is 0 Å². The summed E-state index contributed by atoms with van der Waals surface area (Å²) in [5.74, 6) is -1.80. The topological polar surface area (TPSA) is 102 Å². The molecule has 0 aromatic carbocycles. The van der Waals surface area contributed by atoms with Gasteiger partial charge in [0, 0.05) is 19.3 Å². The van der Waals surface area contributed by atoms with E-state index < -0.39 is 18.1 Å². The number of esters is 2. The van der Waals surface area contributed by atoms with Gasteiger partial charge in [0.2, 0.25) is 0 Å². The molecule has 0 aromatic rings. The van der Waals surface area contributed by atoms with Crippen molar-refractivity contribution in [1.82, 2.24) is 0 Å². The van der Waals surface area contributed by atoms with Crippen LogP contribution < -0.4 is 5.11 Å². The molecule has 2 unspecified atom stereocenters. The fraction of sp³-hybridized carbons (Fsp3) is 0.700. The Kier molecular flexibility index (Phi) is 38.3. The standard InChI is InChI=1S/C50H85NO7/c1-6-8-10-12-14-16-18-20-21-22-23-24-25-26-27-28-29-31-32-34-36-38-40-48(52)57-45-46(44-56-43-42-47(50(54)55)51(3,4)5)58-49(53)41-39-37-35-33-30-19-17-15-13-11-9-7-2/h9,11,14-17,20-21,23-24,30,33,46-47H,6-8,10,12-13,18-19,22,25-29,31-32,34-45H2,1-5H3/b11-9+,16-14+,17-15+,21-20+,24-23+,33-30+. The Morgan fingerprint density at radius 2 is 0.966 bits per heavy atom. The predicted molar refractivity (Wildman–Crippen MR) is 240 cm³/mol. The van der Waals surface area contributed by atoms with Crippen LogP contribution in [0.2, 0.25) is 0 Å². The van der Waals surface area contributed by atoms with E-state index >= 15 is 0 Å². The van der Waals surface area contributed by atoms with E-state index in [0.717, 1.165) is 70.6 Å². The molecule has 0 N–H and O–H groups in total. The Bertz CT molecular complexity index is 1180. The largest absolute Gasteiger partial charge is 0.544 e. The molecule has 0 saturated carbocycles. The summed E-state index contributed by atoms with van der Waals surface area (Å²) in [5.41, 5.74) is 0. The molecule has 0 rings (SSSR count). The third kappa shape index (κ3) is 38.3. The van der Waals surface area contributed by atoms with Crippen molar-refractivity contribution in [1.29, 1.82) is 0 Å². The van der Waals surface area contributed by atoms with Crippen molar-refractivity contribution in [2.24, 2.45) is 0 Å². The molecule has 2 atom stereocenters. The normalized spacial score (nSPS) is 13.6. The molecule has 58 heavy (non-hydrogen) atoms. The maximum Gasteiger partial charge on any atom is 0.306 e. The molecule has 0 aromatic heterocycles. The second kappa shape index (κ2) is 40.5. The zero-order valence-electron chi connectivity index (χ0n) is 37.7. The van der Waals surface area contributed by atoms with Gasteiger partial charge < -0.3 is 28.6 Å². The number of aliphatic carboxylic acids is 1. The second-order valence-electron chi connectivity index (χ2n) is 16.3. The average Bonchev–Trinajstić information content (AvgIpc) is 3.18. The first-order valence-electron chi connectivity index (χ1n) is 23.0. The first-order chi connectivity index (χ1) is 28.1. The summed E-state index contributed by atoms with van der Waals surface area (Å²) >= 11 is 0. The van der Waals surface area contributed by atoms with Crippen LogP contribution in [0, 0.1) is 0 Å². The fourth-order valence-electron chi connectivity index (χ4n) is 6.27. The zero-order chi connectivity index (χ0) is 42.8. The molecule has 0 spiro atoms. The zero-order valence-corrected chi connectivity index (χ0v) is 37.7. The number of carboxylic acid groups (broad SMARTS) is 1. The number of allylic oxidation sites excluding steroid dienone is 12. The van der Waals surface area contributed by atoms with Gasteiger partial charge in [-0.05, 0) is 83.5 Å². The van der Waals surface area contributed by atoms with Crippen LogP contribution in [0.25, 0.3) is 0 Å². The highest BCUT2D eigenvalue weighted by molar-refractivity contribution is 5.70. The van der Waals surface area contributed by atoms with Crippen molar-refractivity contribution in [3.63, 3.8) is 0 Å². The third-order valence-corrected chi connectivity index (χ3v) is 9.83. The van der Waals surface area contributed by atoms with Crippen LogP contribution in [0.3, 0.4) is 0 Å². The number of unbranched alkanes of at least 4 members (excludes halogenated alkanes) is 14. The summed E-state index contributed by atoms with van der Waals surface area (Å²) in [6.45, 7) is 4.46. The van der Waals surface area contributed by atoms with E-state index in [0.29, 0.717) is 12.8 Å². The van der Waals surface area contributed by atoms with Gasteiger partial charge in [0.15, 0.2) is 6.10 Å². The second-order valence-corrected chi connectivity index (χ2v) is 16.3. The van der Waals surface area contributed by atoms with Crippen molar-refractivity contribution in [2.45, 2.75) is 187 Å². The Morgan fingerprint density at radius 1 is 0.534 bits per heavy atom. The molecule has 0 heterocycles. The van der Waals surface area contributed by atoms with Gasteiger partial charge in [-0.2, -0.15) is 0 Å². The number of hydrogen-bond acceptors (Lipinski definition) is 7. The van der Waals surface area contributed by atoms with Gasteiger partial charge in [0.25, 0.3) is 0 Å². The number of quaternary nitrogens is 1. The molecule has 0 fully saturated rings.